The van der Waals surface area contributed by atoms with Crippen LogP contribution in [0, 0.1) is 11.3 Å². The Bertz CT molecular complexity index is 1130. The Morgan fingerprint density at radius 3 is 2.75 bits per heavy atom. The predicted octanol–water partition coefficient (Wildman–Crippen LogP) is 4.64. The molecule has 1 spiro atoms. The standard InChI is InChI=1S/C29H35NO6/c1-28(14-12-26(32)33)22-17-29(19-35-27(22)21-9-4-6-11-24(21)36-28)13-7-15-30(18-29)25(31)16-20-8-3-5-10-23(20)34-2/h3-6,8-11,22,27H,7,12-19H2,1-2H3,(H,32,33)/t22-,27+,28-,29-/m1/s1. The number of aliphatic carboxylic acids is 1. The number of ether oxygens (including phenoxy) is 3. The first-order valence-corrected chi connectivity index (χ1v) is 12.8. The van der Waals surface area contributed by atoms with Crippen molar-refractivity contribution in [1.29, 1.82) is 0 Å². The molecule has 2 fully saturated rings. The number of hydrogen-bond donors (Lipinski definition) is 1. The molecule has 1 N–H and O–H groups in total. The summed E-state index contributed by atoms with van der Waals surface area (Å²) in [6.45, 7) is 3.98. The fraction of sp³-hybridized carbons (Fsp3) is 0.517. The van der Waals surface area contributed by atoms with Gasteiger partial charge >= 0.3 is 5.97 Å². The topological polar surface area (TPSA) is 85.3 Å². The molecule has 7 nitrogen and oxygen atoms in total. The molecule has 0 aliphatic carbocycles. The molecule has 7 heteroatoms. The van der Waals surface area contributed by atoms with Gasteiger partial charge in [-0.15, -0.1) is 0 Å². The monoisotopic (exact) mass is 493 g/mol. The first kappa shape index (κ1) is 24.6. The molecule has 0 saturated carbocycles. The van der Waals surface area contributed by atoms with E-state index in [9.17, 15) is 14.7 Å². The Balaban J connectivity index is 1.37. The highest BCUT2D eigenvalue weighted by Gasteiger charge is 2.54. The average Bonchev–Trinajstić information content (AvgIpc) is 2.88. The summed E-state index contributed by atoms with van der Waals surface area (Å²) in [6, 6.07) is 15.6. The molecule has 0 bridgehead atoms. The lowest BCUT2D eigenvalue weighted by molar-refractivity contribution is -0.185. The van der Waals surface area contributed by atoms with Crippen LogP contribution in [0.25, 0.3) is 0 Å². The Morgan fingerprint density at radius 1 is 1.17 bits per heavy atom. The number of benzene rings is 2. The zero-order valence-corrected chi connectivity index (χ0v) is 21.1. The van der Waals surface area contributed by atoms with Gasteiger partial charge in [-0.2, -0.15) is 0 Å². The van der Waals surface area contributed by atoms with Crippen LogP contribution in [-0.4, -0.2) is 54.3 Å². The van der Waals surface area contributed by atoms with E-state index in [1.54, 1.807) is 7.11 Å². The maximum Gasteiger partial charge on any atom is 0.303 e. The molecule has 0 radical (unpaired) electrons. The van der Waals surface area contributed by atoms with E-state index in [4.69, 9.17) is 14.2 Å². The van der Waals surface area contributed by atoms with Crippen molar-refractivity contribution in [3.05, 3.63) is 59.7 Å². The lowest BCUT2D eigenvalue weighted by Gasteiger charge is -2.55. The van der Waals surface area contributed by atoms with Crippen LogP contribution in [0.1, 0.15) is 56.3 Å². The molecule has 3 aliphatic rings. The molecule has 0 aromatic heterocycles. The first-order valence-electron chi connectivity index (χ1n) is 12.8. The molecule has 2 aromatic rings. The van der Waals surface area contributed by atoms with Gasteiger partial charge in [0.2, 0.25) is 5.91 Å². The minimum Gasteiger partial charge on any atom is -0.496 e. The highest BCUT2D eigenvalue weighted by Crippen LogP contribution is 2.56. The normalized spacial score (nSPS) is 29.1. The fourth-order valence-electron chi connectivity index (χ4n) is 6.41. The molecule has 0 unspecified atom stereocenters. The number of carbonyl (C=O) groups excluding carboxylic acids is 1. The van der Waals surface area contributed by atoms with Crippen molar-refractivity contribution in [1.82, 2.24) is 4.90 Å². The third-order valence-corrected chi connectivity index (χ3v) is 8.32. The molecule has 1 amide bonds. The second-order valence-electron chi connectivity index (χ2n) is 10.8. The number of carboxylic acids is 1. The molecule has 3 heterocycles. The summed E-state index contributed by atoms with van der Waals surface area (Å²) in [6.07, 6.45) is 3.35. The highest BCUT2D eigenvalue weighted by atomic mass is 16.5. The summed E-state index contributed by atoms with van der Waals surface area (Å²) in [5.41, 5.74) is 1.10. The number of carboxylic acid groups (broad SMARTS) is 1. The third-order valence-electron chi connectivity index (χ3n) is 8.32. The summed E-state index contributed by atoms with van der Waals surface area (Å²) < 4.78 is 18.6. The number of carbonyl (C=O) groups is 2. The molecule has 2 saturated heterocycles. The number of hydrogen-bond acceptors (Lipinski definition) is 5. The van der Waals surface area contributed by atoms with Crippen LogP contribution in [0.15, 0.2) is 48.5 Å². The maximum absolute atomic E-state index is 13.4. The van der Waals surface area contributed by atoms with E-state index in [-0.39, 0.29) is 29.8 Å². The van der Waals surface area contributed by atoms with E-state index >= 15 is 0 Å². The Morgan fingerprint density at radius 2 is 1.94 bits per heavy atom. The minimum atomic E-state index is -0.826. The number of likely N-dealkylation sites (tertiary alicyclic amines) is 1. The molecular weight excluding hydrogens is 458 g/mol. The number of methoxy groups -OCH3 is 1. The third kappa shape index (κ3) is 4.69. The van der Waals surface area contributed by atoms with Crippen LogP contribution in [0.4, 0.5) is 0 Å². The van der Waals surface area contributed by atoms with E-state index in [2.05, 4.69) is 0 Å². The smallest absolute Gasteiger partial charge is 0.303 e. The van der Waals surface area contributed by atoms with Crippen molar-refractivity contribution in [3.8, 4) is 11.5 Å². The van der Waals surface area contributed by atoms with Crippen LogP contribution in [0.5, 0.6) is 11.5 Å². The van der Waals surface area contributed by atoms with Crippen molar-refractivity contribution in [2.24, 2.45) is 11.3 Å². The molecular formula is C29H35NO6. The van der Waals surface area contributed by atoms with Crippen LogP contribution < -0.4 is 9.47 Å². The molecule has 192 valence electrons. The lowest BCUT2D eigenvalue weighted by atomic mass is 9.64. The second kappa shape index (κ2) is 9.77. The summed E-state index contributed by atoms with van der Waals surface area (Å²) in [4.78, 5) is 26.8. The quantitative estimate of drug-likeness (QED) is 0.631. The number of para-hydroxylation sites is 2. The van der Waals surface area contributed by atoms with E-state index in [0.717, 1.165) is 48.4 Å². The van der Waals surface area contributed by atoms with Gasteiger partial charge in [0, 0.05) is 42.0 Å². The lowest BCUT2D eigenvalue weighted by Crippen LogP contribution is -2.57. The molecule has 2 aromatic carbocycles. The molecule has 5 rings (SSSR count). The SMILES string of the molecule is COc1ccccc1CC(=O)N1CCC[C@]2(CO[C@H]3c4ccccc4O[C@](C)(CCC(=O)O)[C@@H]3C2)C1. The molecule has 36 heavy (non-hydrogen) atoms. The number of amides is 1. The second-order valence-corrected chi connectivity index (χ2v) is 10.8. The van der Waals surface area contributed by atoms with Crippen molar-refractivity contribution in [3.63, 3.8) is 0 Å². The number of fused-ring (bicyclic) bond motifs is 3. The van der Waals surface area contributed by atoms with Crippen molar-refractivity contribution >= 4 is 11.9 Å². The average molecular weight is 494 g/mol. The van der Waals surface area contributed by atoms with Gasteiger partial charge in [0.15, 0.2) is 0 Å². The van der Waals surface area contributed by atoms with Crippen LogP contribution in [0.2, 0.25) is 0 Å². The van der Waals surface area contributed by atoms with Gasteiger partial charge < -0.3 is 24.2 Å². The predicted molar refractivity (Wildman–Crippen MR) is 134 cm³/mol. The van der Waals surface area contributed by atoms with E-state index in [1.807, 2.05) is 60.4 Å². The zero-order valence-electron chi connectivity index (χ0n) is 21.1. The fourth-order valence-corrected chi connectivity index (χ4v) is 6.41. The van der Waals surface area contributed by atoms with Gasteiger partial charge in [-0.3, -0.25) is 9.59 Å². The summed E-state index contributed by atoms with van der Waals surface area (Å²) in [7, 11) is 1.63. The maximum atomic E-state index is 13.4. The van der Waals surface area contributed by atoms with Crippen LogP contribution >= 0.6 is 0 Å². The number of nitrogens with zero attached hydrogens (tertiary/aromatic N) is 1. The van der Waals surface area contributed by atoms with Crippen LogP contribution in [-0.2, 0) is 20.7 Å². The van der Waals surface area contributed by atoms with Gasteiger partial charge in [-0.25, -0.2) is 0 Å². The Kier molecular flexibility index (Phi) is 6.68. The Hall–Kier alpha value is -3.06. The van der Waals surface area contributed by atoms with E-state index < -0.39 is 11.6 Å². The number of piperidine rings is 1. The minimum absolute atomic E-state index is 0.00442. The van der Waals surface area contributed by atoms with E-state index in [0.29, 0.717) is 26.0 Å². The van der Waals surface area contributed by atoms with Crippen molar-refractivity contribution in [2.75, 3.05) is 26.8 Å². The summed E-state index contributed by atoms with van der Waals surface area (Å²) in [5.74, 6) is 0.783. The van der Waals surface area contributed by atoms with E-state index in [1.165, 1.54) is 0 Å². The van der Waals surface area contributed by atoms with Gasteiger partial charge in [0.1, 0.15) is 17.1 Å². The van der Waals surface area contributed by atoms with Gasteiger partial charge in [0.05, 0.1) is 26.2 Å². The van der Waals surface area contributed by atoms with Crippen molar-refractivity contribution < 1.29 is 28.9 Å². The van der Waals surface area contributed by atoms with Crippen LogP contribution in [0.3, 0.4) is 0 Å². The zero-order chi connectivity index (χ0) is 25.3. The van der Waals surface area contributed by atoms with Gasteiger partial charge in [0.25, 0.3) is 0 Å². The van der Waals surface area contributed by atoms with Gasteiger partial charge in [-0.05, 0) is 44.7 Å². The van der Waals surface area contributed by atoms with Gasteiger partial charge in [-0.1, -0.05) is 36.4 Å². The summed E-state index contributed by atoms with van der Waals surface area (Å²) in [5, 5.41) is 9.41. The summed E-state index contributed by atoms with van der Waals surface area (Å²) >= 11 is 0. The molecule has 3 aliphatic heterocycles. The van der Waals surface area contributed by atoms with Crippen molar-refractivity contribution in [2.45, 2.75) is 57.2 Å². The first-order chi connectivity index (χ1) is 17.3. The Labute approximate surface area is 212 Å². The number of rotatable bonds is 6. The largest absolute Gasteiger partial charge is 0.496 e. The molecule has 4 atom stereocenters. The highest BCUT2D eigenvalue weighted by molar-refractivity contribution is 5.79.